The number of aryl methyl sites for hydroxylation is 3. The van der Waals surface area contributed by atoms with E-state index in [0.29, 0.717) is 13.2 Å². The zero-order chi connectivity index (χ0) is 19.3. The lowest BCUT2D eigenvalue weighted by Crippen LogP contribution is -2.11. The van der Waals surface area contributed by atoms with Crippen molar-refractivity contribution in [3.8, 4) is 5.75 Å². The molecule has 0 amide bonds. The van der Waals surface area contributed by atoms with Gasteiger partial charge in [-0.05, 0) is 69.0 Å². The van der Waals surface area contributed by atoms with Gasteiger partial charge in [-0.2, -0.15) is 0 Å². The summed E-state index contributed by atoms with van der Waals surface area (Å²) in [6.07, 6.45) is 0. The highest BCUT2D eigenvalue weighted by molar-refractivity contribution is 7.54. The Morgan fingerprint density at radius 1 is 0.923 bits per heavy atom. The minimum absolute atomic E-state index is 0.327. The molecule has 0 saturated heterocycles. The summed E-state index contributed by atoms with van der Waals surface area (Å²) in [7, 11) is -1.78. The number of benzene rings is 2. The fraction of sp³-hybridized carbons (Fsp3) is 0.429. The highest BCUT2D eigenvalue weighted by Gasteiger charge is 2.39. The van der Waals surface area contributed by atoms with Crippen LogP contribution in [0.4, 0.5) is 0 Å². The number of hydrogen-bond acceptors (Lipinski definition) is 4. The van der Waals surface area contributed by atoms with Crippen LogP contribution in [0.3, 0.4) is 0 Å². The molecule has 1 atom stereocenters. The van der Waals surface area contributed by atoms with Crippen molar-refractivity contribution < 1.29 is 18.3 Å². The van der Waals surface area contributed by atoms with Gasteiger partial charge in [0.15, 0.2) is 0 Å². The number of ether oxygens (including phenoxy) is 1. The van der Waals surface area contributed by atoms with Crippen LogP contribution in [0.25, 0.3) is 0 Å². The van der Waals surface area contributed by atoms with Gasteiger partial charge in [0.25, 0.3) is 0 Å². The summed E-state index contributed by atoms with van der Waals surface area (Å²) in [5, 5.41) is 0. The first kappa shape index (κ1) is 20.7. The summed E-state index contributed by atoms with van der Waals surface area (Å²) in [6, 6.07) is 11.9. The topological polar surface area (TPSA) is 44.8 Å². The largest absolute Gasteiger partial charge is 0.497 e. The number of methoxy groups -OCH3 is 1. The van der Waals surface area contributed by atoms with Crippen LogP contribution in [-0.2, 0) is 13.6 Å². The zero-order valence-electron chi connectivity index (χ0n) is 16.5. The van der Waals surface area contributed by atoms with Crippen LogP contribution in [0.15, 0.2) is 36.4 Å². The third kappa shape index (κ3) is 4.37. The molecular formula is C21H29O4P. The molecule has 0 radical (unpaired) electrons. The molecule has 0 heterocycles. The Kier molecular flexibility index (Phi) is 7.05. The molecule has 4 nitrogen and oxygen atoms in total. The van der Waals surface area contributed by atoms with Crippen molar-refractivity contribution in [3.63, 3.8) is 0 Å². The molecule has 0 saturated carbocycles. The molecule has 0 aliphatic carbocycles. The second kappa shape index (κ2) is 8.85. The first-order valence-electron chi connectivity index (χ1n) is 8.96. The van der Waals surface area contributed by atoms with Crippen molar-refractivity contribution >= 4 is 7.60 Å². The smallest absolute Gasteiger partial charge is 0.342 e. The van der Waals surface area contributed by atoms with Crippen molar-refractivity contribution in [2.75, 3.05) is 20.3 Å². The normalized spacial score (nSPS) is 12.8. The summed E-state index contributed by atoms with van der Waals surface area (Å²) in [6.45, 7) is 10.5. The molecule has 0 N–H and O–H groups in total. The van der Waals surface area contributed by atoms with Gasteiger partial charge < -0.3 is 13.8 Å². The fourth-order valence-corrected chi connectivity index (χ4v) is 5.82. The number of hydrogen-bond donors (Lipinski definition) is 0. The van der Waals surface area contributed by atoms with Gasteiger partial charge in [0.1, 0.15) is 11.4 Å². The third-order valence-corrected chi connectivity index (χ3v) is 6.80. The van der Waals surface area contributed by atoms with Crippen LogP contribution < -0.4 is 4.74 Å². The highest BCUT2D eigenvalue weighted by atomic mass is 31.2. The Morgan fingerprint density at radius 2 is 1.42 bits per heavy atom. The van der Waals surface area contributed by atoms with Gasteiger partial charge >= 0.3 is 7.60 Å². The zero-order valence-corrected chi connectivity index (χ0v) is 17.4. The summed E-state index contributed by atoms with van der Waals surface area (Å²) in [5.41, 5.74) is 4.77. The van der Waals surface area contributed by atoms with E-state index in [4.69, 9.17) is 13.8 Å². The van der Waals surface area contributed by atoms with Crippen molar-refractivity contribution in [1.29, 1.82) is 0 Å². The van der Waals surface area contributed by atoms with Gasteiger partial charge in [0.05, 0.1) is 20.3 Å². The van der Waals surface area contributed by atoms with Gasteiger partial charge in [-0.3, -0.25) is 4.57 Å². The minimum Gasteiger partial charge on any atom is -0.497 e. The van der Waals surface area contributed by atoms with Crippen LogP contribution in [-0.4, -0.2) is 20.3 Å². The van der Waals surface area contributed by atoms with Crippen molar-refractivity contribution in [2.45, 2.75) is 40.3 Å². The van der Waals surface area contributed by atoms with E-state index < -0.39 is 13.3 Å². The second-order valence-electron chi connectivity index (χ2n) is 6.36. The molecule has 0 spiro atoms. The molecule has 0 aliphatic rings. The van der Waals surface area contributed by atoms with E-state index in [9.17, 15) is 4.57 Å². The average Bonchev–Trinajstić information content (AvgIpc) is 2.58. The van der Waals surface area contributed by atoms with Crippen molar-refractivity contribution in [2.24, 2.45) is 0 Å². The molecule has 2 aromatic carbocycles. The van der Waals surface area contributed by atoms with E-state index in [2.05, 4.69) is 19.1 Å². The lowest BCUT2D eigenvalue weighted by Gasteiger charge is -2.29. The second-order valence-corrected chi connectivity index (χ2v) is 8.48. The van der Waals surface area contributed by atoms with Crippen LogP contribution in [0.2, 0.25) is 0 Å². The molecule has 2 aromatic rings. The average molecular weight is 376 g/mol. The van der Waals surface area contributed by atoms with Crippen molar-refractivity contribution in [3.05, 3.63) is 64.2 Å². The van der Waals surface area contributed by atoms with E-state index in [0.717, 1.165) is 28.0 Å². The molecule has 26 heavy (non-hydrogen) atoms. The molecule has 142 valence electrons. The van der Waals surface area contributed by atoms with Gasteiger partial charge in [0, 0.05) is 0 Å². The Hall–Kier alpha value is -1.61. The Labute approximate surface area is 157 Å². The van der Waals surface area contributed by atoms with E-state index in [1.165, 1.54) is 5.56 Å². The van der Waals surface area contributed by atoms with E-state index in [1.54, 1.807) is 7.11 Å². The maximum Gasteiger partial charge on any atom is 0.342 e. The molecule has 2 rings (SSSR count). The highest BCUT2D eigenvalue weighted by Crippen LogP contribution is 2.64. The Bertz CT molecular complexity index is 750. The lowest BCUT2D eigenvalue weighted by atomic mass is 9.94. The third-order valence-electron chi connectivity index (χ3n) is 4.38. The van der Waals surface area contributed by atoms with Crippen LogP contribution in [0, 0.1) is 20.8 Å². The summed E-state index contributed by atoms with van der Waals surface area (Å²) in [5.74, 6) is 0.757. The predicted molar refractivity (Wildman–Crippen MR) is 106 cm³/mol. The maximum atomic E-state index is 13.8. The quantitative estimate of drug-likeness (QED) is 0.532. The molecular weight excluding hydrogens is 347 g/mol. The maximum absolute atomic E-state index is 13.8. The van der Waals surface area contributed by atoms with Gasteiger partial charge in [-0.1, -0.05) is 29.8 Å². The lowest BCUT2D eigenvalue weighted by molar-refractivity contribution is 0.215. The molecule has 1 unspecified atom stereocenters. The van der Waals surface area contributed by atoms with E-state index in [-0.39, 0.29) is 0 Å². The van der Waals surface area contributed by atoms with Crippen LogP contribution in [0.1, 0.15) is 47.3 Å². The Morgan fingerprint density at radius 3 is 1.85 bits per heavy atom. The fourth-order valence-electron chi connectivity index (χ4n) is 3.46. The molecule has 0 aromatic heterocycles. The first-order chi connectivity index (χ1) is 12.4. The van der Waals surface area contributed by atoms with E-state index in [1.807, 2.05) is 52.0 Å². The minimum atomic E-state index is -3.41. The molecule has 0 bridgehead atoms. The predicted octanol–water partition coefficient (Wildman–Crippen LogP) is 5.98. The first-order valence-corrected chi connectivity index (χ1v) is 10.6. The Balaban J connectivity index is 2.71. The summed E-state index contributed by atoms with van der Waals surface area (Å²) >= 11 is 0. The monoisotopic (exact) mass is 376 g/mol. The van der Waals surface area contributed by atoms with Crippen LogP contribution in [0.5, 0.6) is 5.75 Å². The van der Waals surface area contributed by atoms with Gasteiger partial charge in [-0.25, -0.2) is 0 Å². The van der Waals surface area contributed by atoms with Gasteiger partial charge in [-0.15, -0.1) is 0 Å². The summed E-state index contributed by atoms with van der Waals surface area (Å²) < 4.78 is 30.5. The van der Waals surface area contributed by atoms with E-state index >= 15 is 0 Å². The molecule has 5 heteroatoms. The summed E-state index contributed by atoms with van der Waals surface area (Å²) in [4.78, 5) is 0. The van der Waals surface area contributed by atoms with Gasteiger partial charge in [0.2, 0.25) is 0 Å². The SMILES string of the molecule is CCOP(=O)(OCC)C(c1ccc(OC)cc1)c1c(C)cc(C)cc1C. The number of rotatable bonds is 8. The molecule has 0 aliphatic heterocycles. The molecule has 0 fully saturated rings. The van der Waals surface area contributed by atoms with Crippen molar-refractivity contribution in [1.82, 2.24) is 0 Å². The standard InChI is InChI=1S/C21H29O4P/c1-7-24-26(22,25-8-2)21(18-9-11-19(23-6)12-10-18)20-16(4)13-15(3)14-17(20)5/h9-14,21H,7-8H2,1-6H3. The van der Waals surface area contributed by atoms with Crippen LogP contribution >= 0.6 is 7.60 Å².